The number of H-pyrrole nitrogens is 1. The van der Waals surface area contributed by atoms with Gasteiger partial charge in [-0.15, -0.1) is 0 Å². The van der Waals surface area contributed by atoms with Gasteiger partial charge in [-0.2, -0.15) is 5.10 Å². The van der Waals surface area contributed by atoms with Gasteiger partial charge in [0, 0.05) is 36.8 Å². The van der Waals surface area contributed by atoms with Crippen LogP contribution in [0.2, 0.25) is 0 Å². The highest BCUT2D eigenvalue weighted by molar-refractivity contribution is 7.91. The van der Waals surface area contributed by atoms with E-state index in [4.69, 9.17) is 4.74 Å². The molecule has 2 aromatic carbocycles. The topological polar surface area (TPSA) is 109 Å². The molecule has 2 heterocycles. The summed E-state index contributed by atoms with van der Waals surface area (Å²) >= 11 is 0. The summed E-state index contributed by atoms with van der Waals surface area (Å²) < 4.78 is 48.5. The average Bonchev–Trinajstić information content (AvgIpc) is 3.42. The number of carbonyl (C=O) groups is 1. The fourth-order valence-corrected chi connectivity index (χ4v) is 5.40. The van der Waals surface area contributed by atoms with Crippen LogP contribution in [0.1, 0.15) is 21.7 Å². The van der Waals surface area contributed by atoms with Crippen LogP contribution in [0.3, 0.4) is 0 Å². The van der Waals surface area contributed by atoms with Crippen LogP contribution < -0.4 is 10.1 Å². The van der Waals surface area contributed by atoms with Gasteiger partial charge in [-0.3, -0.25) is 9.89 Å². The summed E-state index contributed by atoms with van der Waals surface area (Å²) in [4.78, 5) is 15.1. The second kappa shape index (κ2) is 10.1. The minimum absolute atomic E-state index is 0.0246. The molecule has 11 heteroatoms. The summed E-state index contributed by atoms with van der Waals surface area (Å²) in [5, 5.41) is 10.1. The highest BCUT2D eigenvalue weighted by atomic mass is 32.2. The van der Waals surface area contributed by atoms with Crippen LogP contribution in [0.5, 0.6) is 5.75 Å². The van der Waals surface area contributed by atoms with Crippen molar-refractivity contribution in [2.45, 2.75) is 23.3 Å². The van der Waals surface area contributed by atoms with Crippen molar-refractivity contribution >= 4 is 26.6 Å². The summed E-state index contributed by atoms with van der Waals surface area (Å²) in [5.74, 6) is -0.688. The number of fused-ring (bicyclic) bond motifs is 1. The predicted octanol–water partition coefficient (Wildman–Crippen LogP) is 3.05. The third kappa shape index (κ3) is 4.98. The zero-order chi connectivity index (χ0) is 26.0. The highest BCUT2D eigenvalue weighted by Gasteiger charge is 2.26. The summed E-state index contributed by atoms with van der Waals surface area (Å²) in [6, 6.07) is 10.5. The number of benzene rings is 2. The number of nitrogens with one attached hydrogen (secondary N) is 2. The van der Waals surface area contributed by atoms with Gasteiger partial charge in [0.05, 0.1) is 21.5 Å². The van der Waals surface area contributed by atoms with Gasteiger partial charge in [0.15, 0.2) is 0 Å². The van der Waals surface area contributed by atoms with E-state index in [1.54, 1.807) is 38.4 Å². The molecule has 2 N–H and O–H groups in total. The van der Waals surface area contributed by atoms with Crippen molar-refractivity contribution in [1.29, 1.82) is 0 Å². The Balaban J connectivity index is 1.56. The monoisotopic (exact) mass is 513 g/mol. The van der Waals surface area contributed by atoms with E-state index in [1.165, 1.54) is 28.8 Å². The molecule has 0 aliphatic carbocycles. The lowest BCUT2D eigenvalue weighted by Gasteiger charge is -2.15. The standard InChI is InChI=1S/C25H28FN5O4S/c1-16-24(36(33,34)18-8-9-21-17(12-18)14-28-29-21)13-22(31(16)4)25(32)27-15-19-20(26)6-5-7-23(19)35-11-10-30(2)3/h5-9,12-14H,10-11,15H2,1-4H3,(H,27,32)(H,28,29). The second-order valence-electron chi connectivity index (χ2n) is 8.71. The first-order valence-electron chi connectivity index (χ1n) is 11.3. The van der Waals surface area contributed by atoms with E-state index in [0.29, 0.717) is 30.0 Å². The fraction of sp³-hybridized carbons (Fsp3) is 0.280. The number of likely N-dealkylation sites (N-methyl/N-ethyl adjacent to an activating group) is 1. The van der Waals surface area contributed by atoms with Gasteiger partial charge in [0.1, 0.15) is 23.9 Å². The summed E-state index contributed by atoms with van der Waals surface area (Å²) in [6.07, 6.45) is 1.55. The number of hydrogen-bond acceptors (Lipinski definition) is 6. The maximum absolute atomic E-state index is 14.5. The number of amides is 1. The molecular weight excluding hydrogens is 485 g/mol. The number of sulfone groups is 1. The lowest BCUT2D eigenvalue weighted by Crippen LogP contribution is -2.26. The molecule has 0 fully saturated rings. The van der Waals surface area contributed by atoms with E-state index in [9.17, 15) is 17.6 Å². The second-order valence-corrected chi connectivity index (χ2v) is 10.6. The molecule has 190 valence electrons. The molecule has 0 unspecified atom stereocenters. The number of nitrogens with zero attached hydrogens (tertiary/aromatic N) is 3. The van der Waals surface area contributed by atoms with Crippen LogP contribution in [0.25, 0.3) is 10.9 Å². The van der Waals surface area contributed by atoms with Crippen molar-refractivity contribution in [2.75, 3.05) is 27.2 Å². The van der Waals surface area contributed by atoms with Gasteiger partial charge in [-0.1, -0.05) is 6.07 Å². The Morgan fingerprint density at radius 3 is 2.75 bits per heavy atom. The number of halogens is 1. The summed E-state index contributed by atoms with van der Waals surface area (Å²) in [6.45, 7) is 2.52. The first-order valence-corrected chi connectivity index (χ1v) is 12.8. The largest absolute Gasteiger partial charge is 0.492 e. The molecule has 4 aromatic rings. The Hall–Kier alpha value is -3.70. The van der Waals surface area contributed by atoms with Crippen LogP contribution >= 0.6 is 0 Å². The van der Waals surface area contributed by atoms with E-state index in [0.717, 1.165) is 5.52 Å². The van der Waals surface area contributed by atoms with Gasteiger partial charge in [0.25, 0.3) is 5.91 Å². The third-order valence-electron chi connectivity index (χ3n) is 6.03. The van der Waals surface area contributed by atoms with Crippen LogP contribution in [-0.4, -0.2) is 61.2 Å². The number of hydrogen-bond donors (Lipinski definition) is 2. The lowest BCUT2D eigenvalue weighted by atomic mass is 10.2. The van der Waals surface area contributed by atoms with Gasteiger partial charge < -0.3 is 19.5 Å². The van der Waals surface area contributed by atoms with E-state index in [2.05, 4.69) is 15.5 Å². The lowest BCUT2D eigenvalue weighted by molar-refractivity contribution is 0.0942. The molecule has 0 aliphatic rings. The Labute approximate surface area is 208 Å². The Bertz CT molecular complexity index is 1520. The van der Waals surface area contributed by atoms with Crippen molar-refractivity contribution in [3.63, 3.8) is 0 Å². The normalized spacial score (nSPS) is 11.8. The average molecular weight is 514 g/mol. The highest BCUT2D eigenvalue weighted by Crippen LogP contribution is 2.28. The van der Waals surface area contributed by atoms with Crippen LogP contribution in [0, 0.1) is 12.7 Å². The molecule has 0 atom stereocenters. The van der Waals surface area contributed by atoms with Crippen molar-refractivity contribution < 1.29 is 22.3 Å². The molecule has 4 rings (SSSR count). The molecule has 0 bridgehead atoms. The smallest absolute Gasteiger partial charge is 0.268 e. The molecule has 1 amide bonds. The molecule has 0 radical (unpaired) electrons. The maximum atomic E-state index is 14.5. The molecule has 0 spiro atoms. The van der Waals surface area contributed by atoms with E-state index >= 15 is 0 Å². The molecule has 36 heavy (non-hydrogen) atoms. The number of aromatic amines is 1. The molecule has 9 nitrogen and oxygen atoms in total. The number of aromatic nitrogens is 3. The van der Waals surface area contributed by atoms with Gasteiger partial charge >= 0.3 is 0 Å². The molecule has 0 saturated carbocycles. The van der Waals surface area contributed by atoms with E-state index in [-0.39, 0.29) is 27.6 Å². The number of rotatable bonds is 9. The molecule has 0 saturated heterocycles. The number of ether oxygens (including phenoxy) is 1. The summed E-state index contributed by atoms with van der Waals surface area (Å²) in [5.41, 5.74) is 1.49. The van der Waals surface area contributed by atoms with E-state index < -0.39 is 21.6 Å². The first-order chi connectivity index (χ1) is 17.1. The first kappa shape index (κ1) is 25.4. The third-order valence-corrected chi connectivity index (χ3v) is 7.90. The van der Waals surface area contributed by atoms with Gasteiger partial charge in [-0.25, -0.2) is 12.8 Å². The van der Waals surface area contributed by atoms with E-state index in [1.807, 2.05) is 19.0 Å². The Morgan fingerprint density at radius 2 is 2.00 bits per heavy atom. The molecule has 0 aliphatic heterocycles. The maximum Gasteiger partial charge on any atom is 0.268 e. The van der Waals surface area contributed by atoms with Gasteiger partial charge in [-0.05, 0) is 57.4 Å². The van der Waals surface area contributed by atoms with Crippen LogP contribution in [-0.2, 0) is 23.4 Å². The van der Waals surface area contributed by atoms with Crippen LogP contribution in [0.4, 0.5) is 4.39 Å². The van der Waals surface area contributed by atoms with Crippen molar-refractivity contribution in [2.24, 2.45) is 7.05 Å². The van der Waals surface area contributed by atoms with Gasteiger partial charge in [0.2, 0.25) is 9.84 Å². The summed E-state index contributed by atoms with van der Waals surface area (Å²) in [7, 11) is 1.52. The predicted molar refractivity (Wildman–Crippen MR) is 133 cm³/mol. The number of carbonyl (C=O) groups excluding carboxylic acids is 1. The van der Waals surface area contributed by atoms with Crippen molar-refractivity contribution in [3.05, 3.63) is 71.4 Å². The van der Waals surface area contributed by atoms with Crippen LogP contribution in [0.15, 0.2) is 58.5 Å². The minimum Gasteiger partial charge on any atom is -0.492 e. The fourth-order valence-electron chi connectivity index (χ4n) is 3.82. The Morgan fingerprint density at radius 1 is 1.22 bits per heavy atom. The quantitative estimate of drug-likeness (QED) is 0.356. The molecule has 2 aromatic heterocycles. The van der Waals surface area contributed by atoms with Crippen molar-refractivity contribution in [1.82, 2.24) is 25.0 Å². The SMILES string of the molecule is Cc1c(S(=O)(=O)c2ccc3[nH]ncc3c2)cc(C(=O)NCc2c(F)cccc2OCCN(C)C)n1C. The zero-order valence-electron chi connectivity index (χ0n) is 20.5. The minimum atomic E-state index is -3.90. The molecular formula is C25H28FN5O4S. The van der Waals surface area contributed by atoms with Crippen molar-refractivity contribution in [3.8, 4) is 5.75 Å². The Kier molecular flexibility index (Phi) is 7.14. The zero-order valence-corrected chi connectivity index (χ0v) is 21.3.